The lowest BCUT2D eigenvalue weighted by Crippen LogP contribution is -2.52. The SMILES string of the molecule is CCNC(=NCc1cccnc1OC)N1CCN(Cc2ccon2)CC1.I. The molecule has 1 aliphatic rings. The molecule has 0 amide bonds. The van der Waals surface area contributed by atoms with Gasteiger partial charge in [0.2, 0.25) is 5.88 Å². The maximum absolute atomic E-state index is 5.31. The maximum atomic E-state index is 5.31. The summed E-state index contributed by atoms with van der Waals surface area (Å²) in [7, 11) is 1.63. The second-order valence-corrected chi connectivity index (χ2v) is 6.10. The van der Waals surface area contributed by atoms with Crippen molar-refractivity contribution in [3.05, 3.63) is 41.9 Å². The lowest BCUT2D eigenvalue weighted by atomic mass is 10.2. The van der Waals surface area contributed by atoms with Crippen molar-refractivity contribution in [2.45, 2.75) is 20.0 Å². The Balaban J connectivity index is 0.00000261. The van der Waals surface area contributed by atoms with Crippen LogP contribution in [0, 0.1) is 0 Å². The van der Waals surface area contributed by atoms with Gasteiger partial charge in [-0.2, -0.15) is 0 Å². The van der Waals surface area contributed by atoms with Crippen LogP contribution in [0.15, 0.2) is 40.2 Å². The third kappa shape index (κ3) is 6.06. The van der Waals surface area contributed by atoms with E-state index < -0.39 is 0 Å². The van der Waals surface area contributed by atoms with Crippen LogP contribution in [0.1, 0.15) is 18.2 Å². The van der Waals surface area contributed by atoms with Crippen molar-refractivity contribution in [3.8, 4) is 5.88 Å². The normalized spacial score (nSPS) is 15.3. The molecule has 0 atom stereocenters. The summed E-state index contributed by atoms with van der Waals surface area (Å²) in [5.41, 5.74) is 1.96. The Bertz CT molecular complexity index is 702. The summed E-state index contributed by atoms with van der Waals surface area (Å²) < 4.78 is 10.2. The van der Waals surface area contributed by atoms with Crippen LogP contribution in [-0.2, 0) is 13.1 Å². The Kier molecular flexibility index (Phi) is 8.79. The van der Waals surface area contributed by atoms with Gasteiger partial charge in [0.05, 0.1) is 19.3 Å². The molecule has 148 valence electrons. The van der Waals surface area contributed by atoms with Crippen LogP contribution in [0.3, 0.4) is 0 Å². The van der Waals surface area contributed by atoms with Crippen LogP contribution in [0.2, 0.25) is 0 Å². The molecule has 2 aromatic heterocycles. The second-order valence-electron chi connectivity index (χ2n) is 6.10. The Labute approximate surface area is 177 Å². The van der Waals surface area contributed by atoms with Crippen LogP contribution >= 0.6 is 24.0 Å². The molecule has 0 radical (unpaired) electrons. The van der Waals surface area contributed by atoms with E-state index in [1.807, 2.05) is 18.2 Å². The van der Waals surface area contributed by atoms with Gasteiger partial charge in [-0.25, -0.2) is 9.98 Å². The zero-order chi connectivity index (χ0) is 18.2. The Morgan fingerprint density at radius 3 is 2.78 bits per heavy atom. The van der Waals surface area contributed by atoms with Gasteiger partial charge in [0.15, 0.2) is 5.96 Å². The third-order valence-corrected chi connectivity index (χ3v) is 4.33. The van der Waals surface area contributed by atoms with Gasteiger partial charge in [0, 0.05) is 57.1 Å². The first-order valence-corrected chi connectivity index (χ1v) is 8.93. The number of pyridine rings is 1. The quantitative estimate of drug-likeness (QED) is 0.380. The molecule has 2 aromatic rings. The average molecular weight is 486 g/mol. The number of aliphatic imine (C=N–C) groups is 1. The molecule has 0 bridgehead atoms. The van der Waals surface area contributed by atoms with Crippen LogP contribution in [0.25, 0.3) is 0 Å². The number of nitrogens with zero attached hydrogens (tertiary/aromatic N) is 5. The van der Waals surface area contributed by atoms with Crippen molar-refractivity contribution in [2.24, 2.45) is 4.99 Å². The first kappa shape index (κ1) is 21.4. The summed E-state index contributed by atoms with van der Waals surface area (Å²) in [6, 6.07) is 5.82. The lowest BCUT2D eigenvalue weighted by molar-refractivity contribution is 0.169. The minimum absolute atomic E-state index is 0. The number of aromatic nitrogens is 2. The van der Waals surface area contributed by atoms with Crippen molar-refractivity contribution in [1.29, 1.82) is 0 Å². The molecule has 1 saturated heterocycles. The summed E-state index contributed by atoms with van der Waals surface area (Å²) in [6.07, 6.45) is 3.35. The number of ether oxygens (including phenoxy) is 1. The fourth-order valence-electron chi connectivity index (χ4n) is 2.98. The van der Waals surface area contributed by atoms with E-state index in [0.717, 1.165) is 56.5 Å². The summed E-state index contributed by atoms with van der Waals surface area (Å²) in [4.78, 5) is 13.7. The first-order valence-electron chi connectivity index (χ1n) is 8.93. The number of hydrogen-bond acceptors (Lipinski definition) is 6. The van der Waals surface area contributed by atoms with Crippen LogP contribution in [0.5, 0.6) is 5.88 Å². The predicted molar refractivity (Wildman–Crippen MR) is 114 cm³/mol. The molecular formula is C18H27IN6O2. The maximum Gasteiger partial charge on any atom is 0.218 e. The number of piperazine rings is 1. The summed E-state index contributed by atoms with van der Waals surface area (Å²) >= 11 is 0. The molecule has 1 fully saturated rings. The molecule has 0 aliphatic carbocycles. The number of hydrogen-bond donors (Lipinski definition) is 1. The largest absolute Gasteiger partial charge is 0.481 e. The topological polar surface area (TPSA) is 79.0 Å². The fraction of sp³-hybridized carbons (Fsp3) is 0.500. The van der Waals surface area contributed by atoms with Crippen molar-refractivity contribution in [1.82, 2.24) is 25.3 Å². The highest BCUT2D eigenvalue weighted by atomic mass is 127. The number of nitrogens with one attached hydrogen (secondary N) is 1. The van der Waals surface area contributed by atoms with E-state index in [-0.39, 0.29) is 24.0 Å². The van der Waals surface area contributed by atoms with Crippen molar-refractivity contribution in [2.75, 3.05) is 39.8 Å². The van der Waals surface area contributed by atoms with E-state index in [1.165, 1.54) is 0 Å². The van der Waals surface area contributed by atoms with Crippen LogP contribution < -0.4 is 10.1 Å². The third-order valence-electron chi connectivity index (χ3n) is 4.33. The van der Waals surface area contributed by atoms with Crippen LogP contribution in [-0.4, -0.2) is 65.7 Å². The Morgan fingerprint density at radius 2 is 2.11 bits per heavy atom. The van der Waals surface area contributed by atoms with Gasteiger partial charge in [0.1, 0.15) is 6.26 Å². The number of methoxy groups -OCH3 is 1. The van der Waals surface area contributed by atoms with Gasteiger partial charge < -0.3 is 19.5 Å². The molecule has 1 aliphatic heterocycles. The van der Waals surface area contributed by atoms with Gasteiger partial charge in [-0.15, -0.1) is 24.0 Å². The van der Waals surface area contributed by atoms with E-state index in [4.69, 9.17) is 14.3 Å². The zero-order valence-electron chi connectivity index (χ0n) is 15.8. The van der Waals surface area contributed by atoms with E-state index in [0.29, 0.717) is 12.4 Å². The molecule has 1 N–H and O–H groups in total. The minimum Gasteiger partial charge on any atom is -0.481 e. The zero-order valence-corrected chi connectivity index (χ0v) is 18.1. The van der Waals surface area contributed by atoms with Crippen molar-refractivity contribution in [3.63, 3.8) is 0 Å². The van der Waals surface area contributed by atoms with Gasteiger partial charge >= 0.3 is 0 Å². The van der Waals surface area contributed by atoms with Gasteiger partial charge in [-0.3, -0.25) is 4.90 Å². The standard InChI is InChI=1S/C18H26N6O2.HI/c1-3-19-18(21-13-15-5-4-7-20-17(15)25-2)24-10-8-23(9-11-24)14-16-6-12-26-22-16;/h4-7,12H,3,8-11,13-14H2,1-2H3,(H,19,21);1H. The number of guanidine groups is 1. The highest BCUT2D eigenvalue weighted by Crippen LogP contribution is 2.15. The van der Waals surface area contributed by atoms with Crippen LogP contribution in [0.4, 0.5) is 0 Å². The highest BCUT2D eigenvalue weighted by molar-refractivity contribution is 14.0. The minimum atomic E-state index is 0. The average Bonchev–Trinajstić information content (AvgIpc) is 3.19. The molecule has 0 spiro atoms. The smallest absolute Gasteiger partial charge is 0.218 e. The lowest BCUT2D eigenvalue weighted by Gasteiger charge is -2.36. The summed E-state index contributed by atoms with van der Waals surface area (Å²) in [5, 5.41) is 7.38. The van der Waals surface area contributed by atoms with Gasteiger partial charge in [-0.05, 0) is 13.0 Å². The van der Waals surface area contributed by atoms with Gasteiger partial charge in [-0.1, -0.05) is 11.2 Å². The molecule has 0 aromatic carbocycles. The van der Waals surface area contributed by atoms with E-state index >= 15 is 0 Å². The first-order chi connectivity index (χ1) is 12.8. The molecule has 3 heterocycles. The summed E-state index contributed by atoms with van der Waals surface area (Å²) in [5.74, 6) is 1.56. The number of halogens is 1. The van der Waals surface area contributed by atoms with E-state index in [1.54, 1.807) is 19.6 Å². The molecule has 8 nitrogen and oxygen atoms in total. The molecule has 27 heavy (non-hydrogen) atoms. The molecule has 9 heteroatoms. The molecule has 0 unspecified atom stereocenters. The van der Waals surface area contributed by atoms with E-state index in [9.17, 15) is 0 Å². The van der Waals surface area contributed by atoms with Gasteiger partial charge in [0.25, 0.3) is 0 Å². The highest BCUT2D eigenvalue weighted by Gasteiger charge is 2.20. The van der Waals surface area contributed by atoms with E-state index in [2.05, 4.69) is 32.2 Å². The summed E-state index contributed by atoms with van der Waals surface area (Å²) in [6.45, 7) is 8.06. The Hall–Kier alpha value is -1.88. The molecular weight excluding hydrogens is 459 g/mol. The monoisotopic (exact) mass is 486 g/mol. The predicted octanol–water partition coefficient (Wildman–Crippen LogP) is 1.98. The number of rotatable bonds is 6. The second kappa shape index (κ2) is 11.1. The van der Waals surface area contributed by atoms with Crippen molar-refractivity contribution >= 4 is 29.9 Å². The molecule has 0 saturated carbocycles. The molecule has 3 rings (SSSR count). The Morgan fingerprint density at radius 1 is 1.30 bits per heavy atom. The fourth-order valence-corrected chi connectivity index (χ4v) is 2.98. The van der Waals surface area contributed by atoms with Crippen molar-refractivity contribution < 1.29 is 9.26 Å².